The Labute approximate surface area is 187 Å². The average molecular weight is 455 g/mol. The predicted octanol–water partition coefficient (Wildman–Crippen LogP) is 5.39. The molecule has 2 aromatic heterocycles. The van der Waals surface area contributed by atoms with Gasteiger partial charge in [0.1, 0.15) is 22.4 Å². The number of aromatic nitrogens is 2. The third kappa shape index (κ3) is 5.33. The van der Waals surface area contributed by atoms with Gasteiger partial charge in [0.15, 0.2) is 10.9 Å². The van der Waals surface area contributed by atoms with E-state index in [0.29, 0.717) is 23.2 Å². The van der Waals surface area contributed by atoms with Gasteiger partial charge in [-0.3, -0.25) is 4.79 Å². The van der Waals surface area contributed by atoms with Crippen molar-refractivity contribution in [3.63, 3.8) is 0 Å². The number of hydrogen-bond donors (Lipinski definition) is 1. The van der Waals surface area contributed by atoms with Crippen LogP contribution < -0.4 is 10.2 Å². The van der Waals surface area contributed by atoms with Crippen LogP contribution in [0.5, 0.6) is 11.5 Å². The van der Waals surface area contributed by atoms with Crippen molar-refractivity contribution in [1.82, 2.24) is 15.0 Å². The summed E-state index contributed by atoms with van der Waals surface area (Å²) in [6.45, 7) is 0.298. The molecule has 31 heavy (non-hydrogen) atoms. The lowest BCUT2D eigenvalue weighted by Crippen LogP contribution is -2.16. The van der Waals surface area contributed by atoms with Gasteiger partial charge in [-0.05, 0) is 54.1 Å². The van der Waals surface area contributed by atoms with E-state index in [0.717, 1.165) is 11.3 Å². The van der Waals surface area contributed by atoms with Crippen LogP contribution in [0.2, 0.25) is 10.3 Å². The summed E-state index contributed by atoms with van der Waals surface area (Å²) in [5.74, 6) is 1.64. The maximum Gasteiger partial charge on any atom is 0.307 e. The van der Waals surface area contributed by atoms with E-state index in [1.54, 1.807) is 16.7 Å². The lowest BCUT2D eigenvalue weighted by Gasteiger charge is -2.05. The van der Waals surface area contributed by atoms with Gasteiger partial charge in [0.25, 0.3) is 0 Å². The van der Waals surface area contributed by atoms with Crippen LogP contribution >= 0.6 is 23.2 Å². The van der Waals surface area contributed by atoms with E-state index in [1.165, 1.54) is 12.5 Å². The minimum Gasteiger partial charge on any atom is -0.457 e. The Hall–Kier alpha value is -3.55. The first-order valence-corrected chi connectivity index (χ1v) is 9.95. The Kier molecular flexibility index (Phi) is 6.35. The number of nitrogens with zero attached hydrogens (tertiary/aromatic N) is 3. The van der Waals surface area contributed by atoms with Gasteiger partial charge in [0, 0.05) is 0 Å². The molecule has 156 valence electrons. The van der Waals surface area contributed by atoms with Crippen LogP contribution in [0.3, 0.4) is 0 Å². The molecule has 2 heterocycles. The average Bonchev–Trinajstić information content (AvgIpc) is 3.38. The molecule has 0 unspecified atom stereocenters. The van der Waals surface area contributed by atoms with Crippen molar-refractivity contribution in [3.8, 4) is 11.5 Å². The first kappa shape index (κ1) is 20.7. The van der Waals surface area contributed by atoms with Crippen molar-refractivity contribution in [2.75, 3.05) is 0 Å². The van der Waals surface area contributed by atoms with Crippen LogP contribution in [0.15, 0.2) is 82.6 Å². The second kappa shape index (κ2) is 9.51. The third-order valence-corrected chi connectivity index (χ3v) is 4.95. The molecule has 0 saturated carbocycles. The SMILES string of the molecule is O=C(N/N=C/c1ccc(Oc2ccccc2)cc1)c1ccc(Cn2cnc(Cl)c2Cl)o1. The second-order valence-electron chi connectivity index (χ2n) is 6.40. The maximum atomic E-state index is 12.2. The van der Waals surface area contributed by atoms with Crippen LogP contribution in [0.25, 0.3) is 0 Å². The van der Waals surface area contributed by atoms with Gasteiger partial charge in [0.05, 0.1) is 19.1 Å². The highest BCUT2D eigenvalue weighted by Gasteiger charge is 2.13. The number of amides is 1. The summed E-state index contributed by atoms with van der Waals surface area (Å²) in [5.41, 5.74) is 3.23. The van der Waals surface area contributed by atoms with Gasteiger partial charge >= 0.3 is 5.91 Å². The zero-order valence-corrected chi connectivity index (χ0v) is 17.5. The van der Waals surface area contributed by atoms with Crippen LogP contribution in [0.4, 0.5) is 0 Å². The fraction of sp³-hybridized carbons (Fsp3) is 0.0455. The first-order chi connectivity index (χ1) is 15.1. The van der Waals surface area contributed by atoms with Crippen molar-refractivity contribution in [2.24, 2.45) is 5.10 Å². The van der Waals surface area contributed by atoms with E-state index in [2.05, 4.69) is 15.5 Å². The maximum absolute atomic E-state index is 12.2. The van der Waals surface area contributed by atoms with Crippen LogP contribution in [0, 0.1) is 0 Å². The first-order valence-electron chi connectivity index (χ1n) is 9.20. The van der Waals surface area contributed by atoms with E-state index < -0.39 is 5.91 Å². The molecule has 9 heteroatoms. The van der Waals surface area contributed by atoms with Crippen LogP contribution in [-0.2, 0) is 6.54 Å². The Morgan fingerprint density at radius 2 is 1.81 bits per heavy atom. The summed E-state index contributed by atoms with van der Waals surface area (Å²) in [4.78, 5) is 16.1. The number of hydrazone groups is 1. The molecule has 0 fully saturated rings. The minimum absolute atomic E-state index is 0.126. The molecule has 2 aromatic carbocycles. The molecule has 4 rings (SSSR count). The summed E-state index contributed by atoms with van der Waals surface area (Å²) in [6.07, 6.45) is 3.02. The minimum atomic E-state index is -0.471. The van der Waals surface area contributed by atoms with Crippen molar-refractivity contribution in [1.29, 1.82) is 0 Å². The normalized spacial score (nSPS) is 11.0. The summed E-state index contributed by atoms with van der Waals surface area (Å²) in [5, 5.41) is 4.47. The Morgan fingerprint density at radius 3 is 2.52 bits per heavy atom. The summed E-state index contributed by atoms with van der Waals surface area (Å²) in [6, 6.07) is 20.0. The molecule has 0 atom stereocenters. The van der Waals surface area contributed by atoms with Gasteiger partial charge < -0.3 is 13.7 Å². The molecule has 7 nitrogen and oxygen atoms in total. The molecular formula is C22H16Cl2N4O3. The third-order valence-electron chi connectivity index (χ3n) is 4.18. The number of hydrogen-bond acceptors (Lipinski definition) is 5. The molecule has 0 aliphatic carbocycles. The van der Waals surface area contributed by atoms with Crippen molar-refractivity contribution >= 4 is 35.3 Å². The number of halogens is 2. The molecule has 0 bridgehead atoms. The Bertz CT molecular complexity index is 1200. The summed E-state index contributed by atoms with van der Waals surface area (Å²) in [7, 11) is 0. The zero-order valence-electron chi connectivity index (χ0n) is 16.0. The predicted molar refractivity (Wildman–Crippen MR) is 118 cm³/mol. The number of ether oxygens (including phenoxy) is 1. The molecule has 1 amide bonds. The van der Waals surface area contributed by atoms with Crippen molar-refractivity contribution < 1.29 is 13.9 Å². The number of nitrogens with one attached hydrogen (secondary N) is 1. The Balaban J connectivity index is 1.31. The van der Waals surface area contributed by atoms with E-state index in [4.69, 9.17) is 32.4 Å². The molecular weight excluding hydrogens is 439 g/mol. The lowest BCUT2D eigenvalue weighted by atomic mass is 10.2. The smallest absolute Gasteiger partial charge is 0.307 e. The molecule has 0 radical (unpaired) electrons. The highest BCUT2D eigenvalue weighted by atomic mass is 35.5. The lowest BCUT2D eigenvalue weighted by molar-refractivity contribution is 0.0925. The molecule has 0 spiro atoms. The van der Waals surface area contributed by atoms with E-state index in [1.807, 2.05) is 54.6 Å². The van der Waals surface area contributed by atoms with Crippen molar-refractivity contribution in [3.05, 3.63) is 100 Å². The van der Waals surface area contributed by atoms with Gasteiger partial charge in [-0.15, -0.1) is 0 Å². The number of imidazole rings is 1. The van der Waals surface area contributed by atoms with Crippen molar-refractivity contribution in [2.45, 2.75) is 6.54 Å². The van der Waals surface area contributed by atoms with Crippen LogP contribution in [0.1, 0.15) is 21.9 Å². The second-order valence-corrected chi connectivity index (χ2v) is 7.12. The molecule has 0 aliphatic rings. The highest BCUT2D eigenvalue weighted by molar-refractivity contribution is 6.40. The number of rotatable bonds is 7. The van der Waals surface area contributed by atoms with Gasteiger partial charge in [-0.1, -0.05) is 41.4 Å². The highest BCUT2D eigenvalue weighted by Crippen LogP contribution is 2.22. The molecule has 1 N–H and O–H groups in total. The van der Waals surface area contributed by atoms with E-state index >= 15 is 0 Å². The molecule has 4 aromatic rings. The van der Waals surface area contributed by atoms with Crippen LogP contribution in [-0.4, -0.2) is 21.7 Å². The van der Waals surface area contributed by atoms with Gasteiger partial charge in [0.2, 0.25) is 0 Å². The fourth-order valence-corrected chi connectivity index (χ4v) is 2.98. The van der Waals surface area contributed by atoms with Gasteiger partial charge in [-0.2, -0.15) is 5.10 Å². The number of furan rings is 1. The zero-order chi connectivity index (χ0) is 21.6. The summed E-state index contributed by atoms with van der Waals surface area (Å²) < 4.78 is 12.9. The van der Waals surface area contributed by atoms with Gasteiger partial charge in [-0.25, -0.2) is 10.4 Å². The van der Waals surface area contributed by atoms with E-state index in [9.17, 15) is 4.79 Å². The topological polar surface area (TPSA) is 81.6 Å². The number of carbonyl (C=O) groups excluding carboxylic acids is 1. The fourth-order valence-electron chi connectivity index (χ4n) is 2.67. The standard InChI is InChI=1S/C22H16Cl2N4O3/c23-20-21(24)28(14-25-20)13-18-10-11-19(31-18)22(29)27-26-12-15-6-8-17(9-7-15)30-16-4-2-1-3-5-16/h1-12,14H,13H2,(H,27,29)/b26-12+. The number of para-hydroxylation sites is 1. The largest absolute Gasteiger partial charge is 0.457 e. The number of benzene rings is 2. The monoisotopic (exact) mass is 454 g/mol. The van der Waals surface area contributed by atoms with E-state index in [-0.39, 0.29) is 10.9 Å². The molecule has 0 saturated heterocycles. The Morgan fingerprint density at radius 1 is 1.06 bits per heavy atom. The molecule has 0 aliphatic heterocycles. The summed E-state index contributed by atoms with van der Waals surface area (Å²) >= 11 is 11.8. The number of carbonyl (C=O) groups is 1. The quantitative estimate of drug-likeness (QED) is 0.299.